The minimum absolute atomic E-state index is 0.0230. The molecular formula is C22H27F3O2. The summed E-state index contributed by atoms with van der Waals surface area (Å²) in [6, 6.07) is 1.09. The molecule has 1 aromatic carbocycles. The molecule has 5 heteroatoms. The third-order valence-corrected chi connectivity index (χ3v) is 6.25. The predicted molar refractivity (Wildman–Crippen MR) is 98.3 cm³/mol. The molecule has 0 spiro atoms. The molecule has 1 fully saturated rings. The van der Waals surface area contributed by atoms with E-state index in [-0.39, 0.29) is 23.1 Å². The van der Waals surface area contributed by atoms with Crippen LogP contribution in [0.5, 0.6) is 5.75 Å². The van der Waals surface area contributed by atoms with Gasteiger partial charge in [0.25, 0.3) is 0 Å². The minimum atomic E-state index is -1.13. The Bertz CT molecular complexity index is 734. The molecule has 0 heterocycles. The number of benzene rings is 1. The number of halogens is 3. The number of aryl methyl sites for hydroxylation is 1. The summed E-state index contributed by atoms with van der Waals surface area (Å²) in [5, 5.41) is 9.62. The number of Topliss-reactive ketones (excluding diaryl/α,β-unsaturated/α-hetero) is 1. The molecule has 2 nitrogen and oxygen atoms in total. The smallest absolute Gasteiger partial charge is 0.188 e. The van der Waals surface area contributed by atoms with Crippen molar-refractivity contribution < 1.29 is 23.1 Å². The van der Waals surface area contributed by atoms with Crippen LogP contribution in [0, 0.1) is 29.4 Å². The Kier molecular flexibility index (Phi) is 6.28. The first-order valence-electron chi connectivity index (χ1n) is 10.0. The van der Waals surface area contributed by atoms with Gasteiger partial charge in [0, 0.05) is 5.92 Å². The third-order valence-electron chi connectivity index (χ3n) is 6.25. The van der Waals surface area contributed by atoms with Crippen LogP contribution >= 0.6 is 0 Å². The Labute approximate surface area is 158 Å². The van der Waals surface area contributed by atoms with Gasteiger partial charge in [-0.2, -0.15) is 0 Å². The van der Waals surface area contributed by atoms with E-state index in [0.29, 0.717) is 49.5 Å². The van der Waals surface area contributed by atoms with Crippen molar-refractivity contribution in [2.75, 3.05) is 0 Å². The van der Waals surface area contributed by atoms with Crippen LogP contribution in [0.2, 0.25) is 0 Å². The van der Waals surface area contributed by atoms with Gasteiger partial charge in [0.05, 0.1) is 11.4 Å². The van der Waals surface area contributed by atoms with Crippen molar-refractivity contribution in [3.05, 3.63) is 40.7 Å². The quantitative estimate of drug-likeness (QED) is 0.612. The molecule has 0 bridgehead atoms. The summed E-state index contributed by atoms with van der Waals surface area (Å²) in [6.45, 7) is 1.88. The van der Waals surface area contributed by atoms with E-state index >= 15 is 0 Å². The molecule has 0 amide bonds. The zero-order valence-corrected chi connectivity index (χ0v) is 15.7. The van der Waals surface area contributed by atoms with Crippen molar-refractivity contribution >= 4 is 5.78 Å². The first-order chi connectivity index (χ1) is 12.9. The summed E-state index contributed by atoms with van der Waals surface area (Å²) in [6.07, 6.45) is 7.91. The fraction of sp³-hybridized carbons (Fsp3) is 0.591. The molecule has 1 atom stereocenters. The molecule has 1 saturated carbocycles. The van der Waals surface area contributed by atoms with Crippen molar-refractivity contribution in [1.82, 2.24) is 0 Å². The van der Waals surface area contributed by atoms with E-state index in [1.54, 1.807) is 6.08 Å². The number of allylic oxidation sites excluding steroid dienone is 2. The van der Waals surface area contributed by atoms with E-state index < -0.39 is 17.4 Å². The van der Waals surface area contributed by atoms with Gasteiger partial charge in [0.15, 0.2) is 23.2 Å². The molecule has 2 aliphatic rings. The van der Waals surface area contributed by atoms with Crippen LogP contribution in [-0.4, -0.2) is 10.9 Å². The monoisotopic (exact) mass is 380 g/mol. The van der Waals surface area contributed by atoms with Crippen molar-refractivity contribution in [1.29, 1.82) is 0 Å². The predicted octanol–water partition coefficient (Wildman–Crippen LogP) is 6.27. The van der Waals surface area contributed by atoms with Crippen LogP contribution in [0.4, 0.5) is 13.2 Å². The summed E-state index contributed by atoms with van der Waals surface area (Å²) < 4.78 is 41.4. The summed E-state index contributed by atoms with van der Waals surface area (Å²) in [7, 11) is 0. The zero-order valence-electron chi connectivity index (χ0n) is 15.7. The van der Waals surface area contributed by atoms with Gasteiger partial charge < -0.3 is 5.11 Å². The summed E-state index contributed by atoms with van der Waals surface area (Å²) >= 11 is 0. The molecule has 0 radical (unpaired) electrons. The highest BCUT2D eigenvalue weighted by Gasteiger charge is 2.34. The first-order valence-corrected chi connectivity index (χ1v) is 10.0. The molecule has 3 rings (SSSR count). The van der Waals surface area contributed by atoms with Gasteiger partial charge in [0.1, 0.15) is 0 Å². The lowest BCUT2D eigenvalue weighted by atomic mass is 9.70. The van der Waals surface area contributed by atoms with Gasteiger partial charge in [0.2, 0.25) is 0 Å². The number of hydrogen-bond donors (Lipinski definition) is 1. The molecule has 148 valence electrons. The van der Waals surface area contributed by atoms with E-state index in [1.165, 1.54) is 0 Å². The Morgan fingerprint density at radius 3 is 2.41 bits per heavy atom. The van der Waals surface area contributed by atoms with Crippen molar-refractivity contribution in [3.63, 3.8) is 0 Å². The molecule has 1 N–H and O–H groups in total. The van der Waals surface area contributed by atoms with Gasteiger partial charge in [-0.25, -0.2) is 13.2 Å². The molecule has 27 heavy (non-hydrogen) atoms. The molecule has 0 aromatic heterocycles. The van der Waals surface area contributed by atoms with Crippen molar-refractivity contribution in [2.24, 2.45) is 17.8 Å². The number of phenolic OH excluding ortho intramolecular Hbond substituents is 1. The second kappa shape index (κ2) is 8.49. The maximum Gasteiger partial charge on any atom is 0.188 e. The van der Waals surface area contributed by atoms with Gasteiger partial charge in [-0.3, -0.25) is 4.79 Å². The number of phenols is 1. The molecule has 1 aromatic rings. The minimum Gasteiger partial charge on any atom is -0.503 e. The maximum atomic E-state index is 14.5. The second-order valence-electron chi connectivity index (χ2n) is 7.97. The van der Waals surface area contributed by atoms with Gasteiger partial charge >= 0.3 is 0 Å². The second-order valence-corrected chi connectivity index (χ2v) is 7.97. The number of carbonyl (C=O) groups is 1. The molecule has 2 aliphatic carbocycles. The van der Waals surface area contributed by atoms with Crippen molar-refractivity contribution in [2.45, 2.75) is 64.7 Å². The van der Waals surface area contributed by atoms with Crippen LogP contribution in [0.1, 0.15) is 74.2 Å². The van der Waals surface area contributed by atoms with Gasteiger partial charge in [-0.1, -0.05) is 19.4 Å². The number of rotatable bonds is 5. The lowest BCUT2D eigenvalue weighted by Gasteiger charge is -2.34. The highest BCUT2D eigenvalue weighted by Crippen LogP contribution is 2.41. The largest absolute Gasteiger partial charge is 0.503 e. The van der Waals surface area contributed by atoms with E-state index in [0.717, 1.165) is 31.7 Å². The fourth-order valence-electron chi connectivity index (χ4n) is 4.70. The Morgan fingerprint density at radius 2 is 1.81 bits per heavy atom. The zero-order chi connectivity index (χ0) is 19.6. The SMILES string of the molecule is CCCc1cc(F)c(O)c(F)c1C(=O)C1CCC(C2CC=C(F)CC2)CC1. The van der Waals surface area contributed by atoms with Crippen LogP contribution < -0.4 is 0 Å². The normalized spacial score (nSPS) is 25.9. The summed E-state index contributed by atoms with van der Waals surface area (Å²) in [5.41, 5.74) is 0.201. The standard InChI is InChI=1S/C22H27F3O2/c1-2-3-16-12-18(24)22(27)20(25)19(16)21(26)15-6-4-13(5-7-15)14-8-10-17(23)11-9-14/h10,12-15,27H,2-9,11H2,1H3. The maximum absolute atomic E-state index is 14.5. The van der Waals surface area contributed by atoms with Crippen LogP contribution in [0.3, 0.4) is 0 Å². The number of hydrogen-bond acceptors (Lipinski definition) is 2. The lowest BCUT2D eigenvalue weighted by Crippen LogP contribution is -2.27. The van der Waals surface area contributed by atoms with Crippen molar-refractivity contribution in [3.8, 4) is 5.75 Å². The fourth-order valence-corrected chi connectivity index (χ4v) is 4.70. The van der Waals surface area contributed by atoms with E-state index in [1.807, 2.05) is 6.92 Å². The number of ketones is 1. The average molecular weight is 380 g/mol. The Morgan fingerprint density at radius 1 is 1.11 bits per heavy atom. The van der Waals surface area contributed by atoms with Crippen LogP contribution in [0.15, 0.2) is 18.0 Å². The number of carbonyl (C=O) groups excluding carboxylic acids is 1. The van der Waals surface area contributed by atoms with E-state index in [2.05, 4.69) is 0 Å². The lowest BCUT2D eigenvalue weighted by molar-refractivity contribution is 0.0842. The summed E-state index contributed by atoms with van der Waals surface area (Å²) in [4.78, 5) is 13.0. The highest BCUT2D eigenvalue weighted by atomic mass is 19.1. The van der Waals surface area contributed by atoms with Crippen LogP contribution in [0.25, 0.3) is 0 Å². The molecular weight excluding hydrogens is 353 g/mol. The average Bonchev–Trinajstić information content (AvgIpc) is 2.67. The van der Waals surface area contributed by atoms with Crippen LogP contribution in [-0.2, 0) is 6.42 Å². The first kappa shape index (κ1) is 20.0. The topological polar surface area (TPSA) is 37.3 Å². The molecule has 1 unspecified atom stereocenters. The highest BCUT2D eigenvalue weighted by molar-refractivity contribution is 6.00. The Hall–Kier alpha value is -1.78. The molecule has 0 aliphatic heterocycles. The number of aromatic hydroxyl groups is 1. The van der Waals surface area contributed by atoms with E-state index in [9.17, 15) is 23.1 Å². The molecule has 0 saturated heterocycles. The third kappa shape index (κ3) is 4.22. The Balaban J connectivity index is 1.72. The van der Waals surface area contributed by atoms with E-state index in [4.69, 9.17) is 0 Å². The van der Waals surface area contributed by atoms with Gasteiger partial charge in [-0.15, -0.1) is 0 Å². The summed E-state index contributed by atoms with van der Waals surface area (Å²) in [5.74, 6) is -2.92. The van der Waals surface area contributed by atoms with Gasteiger partial charge in [-0.05, 0) is 74.8 Å².